The molecule has 0 aliphatic carbocycles. The van der Waals surface area contributed by atoms with Gasteiger partial charge in [-0.3, -0.25) is 14.9 Å². The van der Waals surface area contributed by atoms with Gasteiger partial charge in [0.2, 0.25) is 11.0 Å². The summed E-state index contributed by atoms with van der Waals surface area (Å²) in [7, 11) is 0. The number of nitrogens with zero attached hydrogens (tertiary/aromatic N) is 2. The van der Waals surface area contributed by atoms with Crippen LogP contribution in [0.2, 0.25) is 0 Å². The first-order chi connectivity index (χ1) is 12.3. The largest absolute Gasteiger partial charge is 0.340 e. The third-order valence-corrected chi connectivity index (χ3v) is 4.77. The van der Waals surface area contributed by atoms with Crippen molar-refractivity contribution in [1.82, 2.24) is 15.5 Å². The van der Waals surface area contributed by atoms with Gasteiger partial charge in [0.1, 0.15) is 11.0 Å². The van der Waals surface area contributed by atoms with Gasteiger partial charge in [-0.05, 0) is 30.4 Å². The van der Waals surface area contributed by atoms with Crippen LogP contribution >= 0.6 is 11.3 Å². The monoisotopic (exact) mass is 374 g/mol. The maximum absolute atomic E-state index is 12.7. The number of rotatable bonds is 7. The molecule has 0 unspecified atom stereocenters. The first-order valence-electron chi connectivity index (χ1n) is 8.77. The summed E-state index contributed by atoms with van der Waals surface area (Å²) in [5, 5.41) is 15.1. The van der Waals surface area contributed by atoms with Crippen molar-refractivity contribution < 1.29 is 9.59 Å². The highest BCUT2D eigenvalue weighted by atomic mass is 32.1. The zero-order chi connectivity index (χ0) is 19.3. The van der Waals surface area contributed by atoms with Crippen molar-refractivity contribution in [2.45, 2.75) is 47.1 Å². The number of benzene rings is 1. The minimum Gasteiger partial charge on any atom is -0.340 e. The normalized spacial score (nSPS) is 12.3. The van der Waals surface area contributed by atoms with E-state index in [1.165, 1.54) is 11.3 Å². The fraction of sp³-hybridized carbons (Fsp3) is 0.474. The molecule has 6 nitrogen and oxygen atoms in total. The highest BCUT2D eigenvalue weighted by Gasteiger charge is 2.26. The predicted octanol–water partition coefficient (Wildman–Crippen LogP) is 3.44. The predicted molar refractivity (Wildman–Crippen MR) is 104 cm³/mol. The van der Waals surface area contributed by atoms with Crippen LogP contribution in [0.25, 0.3) is 0 Å². The average Bonchev–Trinajstić information content (AvgIpc) is 2.98. The standard InChI is InChI=1S/C19H26N4O2S/c1-11(2)10-15-22-23-19(26-15)21-18(25)16(12(3)4)20-17(24)14-9-7-6-8-13(14)5/h6-9,11-12,16H,10H2,1-5H3,(H,20,24)(H,21,23,25)/t16-/m0/s1. The molecule has 140 valence electrons. The smallest absolute Gasteiger partial charge is 0.252 e. The van der Waals surface area contributed by atoms with Crippen molar-refractivity contribution >= 4 is 28.3 Å². The van der Waals surface area contributed by atoms with Gasteiger partial charge in [0.25, 0.3) is 5.91 Å². The Hall–Kier alpha value is -2.28. The first kappa shape index (κ1) is 20.0. The lowest BCUT2D eigenvalue weighted by Gasteiger charge is -2.21. The Bertz CT molecular complexity index is 770. The molecule has 1 aromatic carbocycles. The summed E-state index contributed by atoms with van der Waals surface area (Å²) in [5.41, 5.74) is 1.44. The molecule has 26 heavy (non-hydrogen) atoms. The number of aryl methyl sites for hydroxylation is 1. The summed E-state index contributed by atoms with van der Waals surface area (Å²) in [4.78, 5) is 25.2. The molecule has 7 heteroatoms. The Balaban J connectivity index is 2.06. The van der Waals surface area contributed by atoms with E-state index in [9.17, 15) is 9.59 Å². The van der Waals surface area contributed by atoms with E-state index in [0.29, 0.717) is 16.6 Å². The van der Waals surface area contributed by atoms with E-state index >= 15 is 0 Å². The van der Waals surface area contributed by atoms with Crippen LogP contribution in [-0.4, -0.2) is 28.1 Å². The Morgan fingerprint density at radius 2 is 1.81 bits per heavy atom. The average molecular weight is 375 g/mol. The molecule has 1 aromatic heterocycles. The van der Waals surface area contributed by atoms with Crippen molar-refractivity contribution in [2.75, 3.05) is 5.32 Å². The van der Waals surface area contributed by atoms with Crippen molar-refractivity contribution in [3.8, 4) is 0 Å². The lowest BCUT2D eigenvalue weighted by atomic mass is 10.0. The summed E-state index contributed by atoms with van der Waals surface area (Å²) in [5.74, 6) is -0.127. The SMILES string of the molecule is Cc1ccccc1C(=O)N[C@H](C(=O)Nc1nnc(CC(C)C)s1)C(C)C. The highest BCUT2D eigenvalue weighted by Crippen LogP contribution is 2.19. The summed E-state index contributed by atoms with van der Waals surface area (Å²) in [6.07, 6.45) is 0.825. The van der Waals surface area contributed by atoms with Crippen molar-refractivity contribution in [3.05, 3.63) is 40.4 Å². The lowest BCUT2D eigenvalue weighted by molar-refractivity contribution is -0.118. The third-order valence-electron chi connectivity index (χ3n) is 3.91. The van der Waals surface area contributed by atoms with Crippen LogP contribution in [-0.2, 0) is 11.2 Å². The zero-order valence-corrected chi connectivity index (χ0v) is 16.7. The molecule has 2 N–H and O–H groups in total. The Kier molecular flexibility index (Phi) is 6.85. The minimum atomic E-state index is -0.653. The fourth-order valence-corrected chi connectivity index (χ4v) is 3.46. The lowest BCUT2D eigenvalue weighted by Crippen LogP contribution is -2.47. The van der Waals surface area contributed by atoms with Crippen LogP contribution in [0.15, 0.2) is 24.3 Å². The molecule has 0 aliphatic rings. The molecule has 2 aromatic rings. The topological polar surface area (TPSA) is 84.0 Å². The molecule has 0 saturated carbocycles. The van der Waals surface area contributed by atoms with Gasteiger partial charge in [0.15, 0.2) is 0 Å². The number of amides is 2. The van der Waals surface area contributed by atoms with Gasteiger partial charge in [-0.25, -0.2) is 0 Å². The van der Waals surface area contributed by atoms with E-state index in [4.69, 9.17) is 0 Å². The molecular formula is C19H26N4O2S. The fourth-order valence-electron chi connectivity index (χ4n) is 2.50. The van der Waals surface area contributed by atoms with Crippen LogP contribution in [0.1, 0.15) is 48.6 Å². The third kappa shape index (κ3) is 5.36. The molecule has 2 amide bonds. The molecule has 0 spiro atoms. The van der Waals surface area contributed by atoms with Crippen LogP contribution in [0, 0.1) is 18.8 Å². The molecule has 2 rings (SSSR count). The van der Waals surface area contributed by atoms with Crippen LogP contribution in [0.5, 0.6) is 0 Å². The van der Waals surface area contributed by atoms with Crippen molar-refractivity contribution in [3.63, 3.8) is 0 Å². The van der Waals surface area contributed by atoms with E-state index < -0.39 is 6.04 Å². The summed E-state index contributed by atoms with van der Waals surface area (Å²) >= 11 is 1.37. The number of aromatic nitrogens is 2. The first-order valence-corrected chi connectivity index (χ1v) is 9.59. The minimum absolute atomic E-state index is 0.0639. The van der Waals surface area contributed by atoms with Gasteiger partial charge in [0, 0.05) is 12.0 Å². The molecule has 0 fully saturated rings. The zero-order valence-electron chi connectivity index (χ0n) is 15.9. The Labute approximate surface area is 158 Å². The number of carbonyl (C=O) groups excluding carboxylic acids is 2. The van der Waals surface area contributed by atoms with E-state index in [2.05, 4.69) is 34.7 Å². The van der Waals surface area contributed by atoms with Crippen molar-refractivity contribution in [2.24, 2.45) is 11.8 Å². The van der Waals surface area contributed by atoms with E-state index in [-0.39, 0.29) is 17.7 Å². The summed E-state index contributed by atoms with van der Waals surface area (Å²) < 4.78 is 0. The van der Waals surface area contributed by atoms with Gasteiger partial charge in [-0.1, -0.05) is 57.2 Å². The number of nitrogens with one attached hydrogen (secondary N) is 2. The van der Waals surface area contributed by atoms with E-state index in [1.807, 2.05) is 39.0 Å². The highest BCUT2D eigenvalue weighted by molar-refractivity contribution is 7.15. The molecule has 0 bridgehead atoms. The van der Waals surface area contributed by atoms with Crippen LogP contribution in [0.3, 0.4) is 0 Å². The summed E-state index contributed by atoms with van der Waals surface area (Å²) in [6, 6.07) is 6.66. The number of hydrogen-bond acceptors (Lipinski definition) is 5. The number of carbonyl (C=O) groups is 2. The van der Waals surface area contributed by atoms with Crippen LogP contribution < -0.4 is 10.6 Å². The Morgan fingerprint density at radius 1 is 1.12 bits per heavy atom. The molecular weight excluding hydrogens is 348 g/mol. The second-order valence-corrected chi connectivity index (χ2v) is 8.16. The van der Waals surface area contributed by atoms with Gasteiger partial charge in [-0.2, -0.15) is 0 Å². The summed E-state index contributed by atoms with van der Waals surface area (Å²) in [6.45, 7) is 9.88. The molecule has 0 saturated heterocycles. The quantitative estimate of drug-likeness (QED) is 0.777. The maximum atomic E-state index is 12.7. The molecule has 0 radical (unpaired) electrons. The molecule has 0 aliphatic heterocycles. The van der Waals surface area contributed by atoms with E-state index in [1.54, 1.807) is 6.07 Å². The maximum Gasteiger partial charge on any atom is 0.252 e. The van der Waals surface area contributed by atoms with Gasteiger partial charge < -0.3 is 5.32 Å². The second kappa shape index (κ2) is 8.89. The molecule has 1 atom stereocenters. The van der Waals surface area contributed by atoms with Gasteiger partial charge in [0.05, 0.1) is 0 Å². The van der Waals surface area contributed by atoms with Gasteiger partial charge >= 0.3 is 0 Å². The number of hydrogen-bond donors (Lipinski definition) is 2. The molecule has 1 heterocycles. The van der Waals surface area contributed by atoms with Gasteiger partial charge in [-0.15, -0.1) is 10.2 Å². The van der Waals surface area contributed by atoms with Crippen molar-refractivity contribution in [1.29, 1.82) is 0 Å². The van der Waals surface area contributed by atoms with Crippen LogP contribution in [0.4, 0.5) is 5.13 Å². The Morgan fingerprint density at radius 3 is 2.42 bits per heavy atom. The van der Waals surface area contributed by atoms with E-state index in [0.717, 1.165) is 17.0 Å². The second-order valence-electron chi connectivity index (χ2n) is 7.10. The number of anilines is 1.